The molecule has 0 saturated carbocycles. The van der Waals surface area contributed by atoms with Crippen molar-refractivity contribution in [1.82, 2.24) is 10.6 Å². The van der Waals surface area contributed by atoms with E-state index in [-0.39, 0.29) is 11.9 Å². The molecular formula is C9H16N2O3. The second kappa shape index (κ2) is 4.95. The van der Waals surface area contributed by atoms with Gasteiger partial charge < -0.3 is 15.7 Å². The average molecular weight is 200 g/mol. The van der Waals surface area contributed by atoms with Gasteiger partial charge in [0.15, 0.2) is 0 Å². The van der Waals surface area contributed by atoms with Crippen LogP contribution >= 0.6 is 0 Å². The van der Waals surface area contributed by atoms with Crippen LogP contribution in [0.3, 0.4) is 0 Å². The normalized spacial score (nSPS) is 23.9. The largest absolute Gasteiger partial charge is 0.480 e. The van der Waals surface area contributed by atoms with Crippen molar-refractivity contribution in [3.05, 3.63) is 0 Å². The van der Waals surface area contributed by atoms with Gasteiger partial charge in [0.1, 0.15) is 6.04 Å². The van der Waals surface area contributed by atoms with E-state index in [1.54, 1.807) is 0 Å². The summed E-state index contributed by atoms with van der Waals surface area (Å²) in [7, 11) is 0. The van der Waals surface area contributed by atoms with Gasteiger partial charge in [-0.3, -0.25) is 9.59 Å². The number of nitrogens with one attached hydrogen (secondary N) is 2. The lowest BCUT2D eigenvalue weighted by molar-refractivity contribution is -0.141. The summed E-state index contributed by atoms with van der Waals surface area (Å²) in [5.74, 6) is -1.21. The molecule has 1 unspecified atom stereocenters. The molecule has 1 rings (SSSR count). The van der Waals surface area contributed by atoms with E-state index in [1.165, 1.54) is 6.92 Å². The maximum atomic E-state index is 11.5. The van der Waals surface area contributed by atoms with Crippen molar-refractivity contribution in [2.75, 3.05) is 6.54 Å². The summed E-state index contributed by atoms with van der Waals surface area (Å²) >= 11 is 0. The average Bonchev–Trinajstić information content (AvgIpc) is 2.19. The lowest BCUT2D eigenvalue weighted by Gasteiger charge is -2.23. The van der Waals surface area contributed by atoms with Crippen LogP contribution in [0.25, 0.3) is 0 Å². The van der Waals surface area contributed by atoms with Gasteiger partial charge in [-0.05, 0) is 26.3 Å². The number of amides is 1. The zero-order valence-corrected chi connectivity index (χ0v) is 8.25. The number of carbonyl (C=O) groups excluding carboxylic acids is 1. The molecule has 1 heterocycles. The van der Waals surface area contributed by atoms with Gasteiger partial charge in [0.25, 0.3) is 0 Å². The van der Waals surface area contributed by atoms with E-state index >= 15 is 0 Å². The van der Waals surface area contributed by atoms with Crippen LogP contribution in [0.5, 0.6) is 0 Å². The molecule has 5 nitrogen and oxygen atoms in total. The van der Waals surface area contributed by atoms with Crippen molar-refractivity contribution in [1.29, 1.82) is 0 Å². The Balaban J connectivity index is 2.36. The number of carbonyl (C=O) groups is 2. The van der Waals surface area contributed by atoms with Gasteiger partial charge in [0, 0.05) is 0 Å². The summed E-state index contributed by atoms with van der Waals surface area (Å²) in [6.45, 7) is 2.29. The topological polar surface area (TPSA) is 78.4 Å². The van der Waals surface area contributed by atoms with E-state index in [2.05, 4.69) is 10.6 Å². The minimum atomic E-state index is -1.01. The van der Waals surface area contributed by atoms with Crippen molar-refractivity contribution < 1.29 is 14.7 Å². The minimum Gasteiger partial charge on any atom is -0.480 e. The third kappa shape index (κ3) is 2.99. The molecule has 1 amide bonds. The van der Waals surface area contributed by atoms with Gasteiger partial charge in [-0.2, -0.15) is 0 Å². The van der Waals surface area contributed by atoms with Crippen LogP contribution in [0.1, 0.15) is 26.2 Å². The van der Waals surface area contributed by atoms with E-state index in [1.807, 2.05) is 0 Å². The SMILES string of the molecule is C[C@@H](NC(=O)C1CCCCN1)C(=O)O. The van der Waals surface area contributed by atoms with Gasteiger partial charge in [-0.1, -0.05) is 6.42 Å². The highest BCUT2D eigenvalue weighted by atomic mass is 16.4. The smallest absolute Gasteiger partial charge is 0.325 e. The summed E-state index contributed by atoms with van der Waals surface area (Å²) in [4.78, 5) is 22.0. The van der Waals surface area contributed by atoms with Crippen molar-refractivity contribution in [2.45, 2.75) is 38.3 Å². The molecule has 0 aromatic rings. The second-order valence-electron chi connectivity index (χ2n) is 3.57. The number of carboxylic acid groups (broad SMARTS) is 1. The Labute approximate surface area is 82.9 Å². The number of carboxylic acids is 1. The monoisotopic (exact) mass is 200 g/mol. The molecule has 1 saturated heterocycles. The molecule has 1 aliphatic heterocycles. The van der Waals surface area contributed by atoms with E-state index in [0.29, 0.717) is 0 Å². The number of hydrogen-bond acceptors (Lipinski definition) is 3. The molecular weight excluding hydrogens is 184 g/mol. The predicted octanol–water partition coefficient (Wildman–Crippen LogP) is -0.282. The molecule has 3 N–H and O–H groups in total. The summed E-state index contributed by atoms with van der Waals surface area (Å²) in [6.07, 6.45) is 2.89. The van der Waals surface area contributed by atoms with Gasteiger partial charge in [-0.15, -0.1) is 0 Å². The molecule has 0 aliphatic carbocycles. The number of hydrogen-bond donors (Lipinski definition) is 3. The first kappa shape index (κ1) is 11.0. The fourth-order valence-corrected chi connectivity index (χ4v) is 1.45. The van der Waals surface area contributed by atoms with Crippen LogP contribution in [0.4, 0.5) is 0 Å². The Morgan fingerprint density at radius 1 is 1.50 bits per heavy atom. The highest BCUT2D eigenvalue weighted by Gasteiger charge is 2.23. The molecule has 5 heteroatoms. The highest BCUT2D eigenvalue weighted by molar-refractivity contribution is 5.86. The van der Waals surface area contributed by atoms with Crippen molar-refractivity contribution in [2.24, 2.45) is 0 Å². The number of aliphatic carboxylic acids is 1. The van der Waals surface area contributed by atoms with Crippen molar-refractivity contribution in [3.63, 3.8) is 0 Å². The second-order valence-corrected chi connectivity index (χ2v) is 3.57. The minimum absolute atomic E-state index is 0.209. The van der Waals surface area contributed by atoms with Crippen LogP contribution in [0.2, 0.25) is 0 Å². The lowest BCUT2D eigenvalue weighted by atomic mass is 10.0. The molecule has 1 fully saturated rings. The van der Waals surface area contributed by atoms with Crippen molar-refractivity contribution in [3.8, 4) is 0 Å². The fourth-order valence-electron chi connectivity index (χ4n) is 1.45. The Kier molecular flexibility index (Phi) is 3.88. The third-order valence-corrected chi connectivity index (χ3v) is 2.36. The predicted molar refractivity (Wildman–Crippen MR) is 50.9 cm³/mol. The first-order valence-electron chi connectivity index (χ1n) is 4.88. The van der Waals surface area contributed by atoms with E-state index in [4.69, 9.17) is 5.11 Å². The summed E-state index contributed by atoms with van der Waals surface area (Å²) in [6, 6.07) is -1.03. The van der Waals surface area contributed by atoms with E-state index < -0.39 is 12.0 Å². The summed E-state index contributed by atoms with van der Waals surface area (Å²) < 4.78 is 0. The molecule has 0 aromatic heterocycles. The molecule has 2 atom stereocenters. The molecule has 0 bridgehead atoms. The zero-order valence-electron chi connectivity index (χ0n) is 8.25. The molecule has 80 valence electrons. The lowest BCUT2D eigenvalue weighted by Crippen LogP contribution is -2.50. The van der Waals surface area contributed by atoms with Crippen molar-refractivity contribution >= 4 is 11.9 Å². The third-order valence-electron chi connectivity index (χ3n) is 2.36. The van der Waals surface area contributed by atoms with E-state index in [9.17, 15) is 9.59 Å². The first-order chi connectivity index (χ1) is 6.61. The van der Waals surface area contributed by atoms with Gasteiger partial charge in [0.05, 0.1) is 6.04 Å². The van der Waals surface area contributed by atoms with Crippen LogP contribution in [-0.2, 0) is 9.59 Å². The first-order valence-corrected chi connectivity index (χ1v) is 4.88. The van der Waals surface area contributed by atoms with Gasteiger partial charge in [0.2, 0.25) is 5.91 Å². The fraction of sp³-hybridized carbons (Fsp3) is 0.778. The molecule has 0 radical (unpaired) electrons. The molecule has 0 aromatic carbocycles. The molecule has 1 aliphatic rings. The highest BCUT2D eigenvalue weighted by Crippen LogP contribution is 2.06. The Hall–Kier alpha value is -1.10. The van der Waals surface area contributed by atoms with Gasteiger partial charge >= 0.3 is 5.97 Å². The summed E-state index contributed by atoms with van der Waals surface area (Å²) in [5.41, 5.74) is 0. The Morgan fingerprint density at radius 2 is 2.21 bits per heavy atom. The molecule has 0 spiro atoms. The van der Waals surface area contributed by atoms with Crippen LogP contribution in [0, 0.1) is 0 Å². The number of piperidine rings is 1. The van der Waals surface area contributed by atoms with Crippen LogP contribution in [0.15, 0.2) is 0 Å². The Bertz CT molecular complexity index is 224. The van der Waals surface area contributed by atoms with E-state index in [0.717, 1.165) is 25.8 Å². The quantitative estimate of drug-likeness (QED) is 0.585. The standard InChI is InChI=1S/C9H16N2O3/c1-6(9(13)14)11-8(12)7-4-2-3-5-10-7/h6-7,10H,2-5H2,1H3,(H,11,12)(H,13,14)/t6-,7?/m1/s1. The zero-order chi connectivity index (χ0) is 10.6. The maximum Gasteiger partial charge on any atom is 0.325 e. The summed E-state index contributed by atoms with van der Waals surface area (Å²) in [5, 5.41) is 14.1. The molecule has 14 heavy (non-hydrogen) atoms. The van der Waals surface area contributed by atoms with Crippen LogP contribution < -0.4 is 10.6 Å². The van der Waals surface area contributed by atoms with Gasteiger partial charge in [-0.25, -0.2) is 0 Å². The van der Waals surface area contributed by atoms with Crippen LogP contribution in [-0.4, -0.2) is 35.6 Å². The Morgan fingerprint density at radius 3 is 2.71 bits per heavy atom. The maximum absolute atomic E-state index is 11.5. The number of rotatable bonds is 3.